The normalized spacial score (nSPS) is 20.6. The van der Waals surface area contributed by atoms with E-state index in [2.05, 4.69) is 4.90 Å². The third kappa shape index (κ3) is 5.84. The molecular weight excluding hydrogens is 512 g/mol. The van der Waals surface area contributed by atoms with Crippen LogP contribution in [0.3, 0.4) is 0 Å². The highest BCUT2D eigenvalue weighted by molar-refractivity contribution is 7.89. The van der Waals surface area contributed by atoms with Crippen molar-refractivity contribution < 1.29 is 22.7 Å². The molecule has 4 rings (SSSR count). The largest absolute Gasteiger partial charge is 0.457 e. The zero-order valence-corrected chi connectivity index (χ0v) is 23.7. The first-order chi connectivity index (χ1) is 17.6. The quantitative estimate of drug-likeness (QED) is 0.236. The standard InChI is InChI=1S/C26H38N4O5S2/c1-4-17-37(33,34)28-15-13-27(14-16-28)11-7-5-6-8-12-29-25(36)30(24(32)26(29,2)3)21-9-10-22-20(18-21)19-35-23(22)31/h9-10,18H,4-8,11-17,19H2,1-3H3. The molecule has 2 saturated heterocycles. The molecule has 1 amide bonds. The first-order valence-corrected chi connectivity index (χ1v) is 15.2. The van der Waals surface area contributed by atoms with E-state index in [4.69, 9.17) is 17.0 Å². The minimum atomic E-state index is -3.10. The van der Waals surface area contributed by atoms with Crippen LogP contribution in [-0.2, 0) is 26.2 Å². The third-order valence-corrected chi connectivity index (χ3v) is 10.0. The predicted octanol–water partition coefficient (Wildman–Crippen LogP) is 2.99. The van der Waals surface area contributed by atoms with Gasteiger partial charge in [-0.3, -0.25) is 9.69 Å². The number of cyclic esters (lactones) is 1. The summed E-state index contributed by atoms with van der Waals surface area (Å²) >= 11 is 5.74. The van der Waals surface area contributed by atoms with E-state index in [9.17, 15) is 18.0 Å². The van der Waals surface area contributed by atoms with E-state index in [0.29, 0.717) is 42.4 Å². The number of unbranched alkanes of at least 4 members (excludes halogenated alkanes) is 3. The van der Waals surface area contributed by atoms with E-state index in [1.807, 2.05) is 31.7 Å². The number of ether oxygens (including phenoxy) is 1. The van der Waals surface area contributed by atoms with E-state index in [-0.39, 0.29) is 24.2 Å². The number of benzene rings is 1. The monoisotopic (exact) mass is 550 g/mol. The molecule has 9 nitrogen and oxygen atoms in total. The van der Waals surface area contributed by atoms with Crippen LogP contribution < -0.4 is 4.90 Å². The minimum absolute atomic E-state index is 0.0669. The smallest absolute Gasteiger partial charge is 0.338 e. The van der Waals surface area contributed by atoms with Crippen LogP contribution in [0.1, 0.15) is 68.8 Å². The number of esters is 1. The summed E-state index contributed by atoms with van der Waals surface area (Å²) < 4.78 is 31.2. The van der Waals surface area contributed by atoms with Crippen molar-refractivity contribution >= 4 is 44.9 Å². The molecule has 0 atom stereocenters. The molecular formula is C26H38N4O5S2. The van der Waals surface area contributed by atoms with Gasteiger partial charge in [-0.15, -0.1) is 0 Å². The van der Waals surface area contributed by atoms with Crippen LogP contribution in [0.2, 0.25) is 0 Å². The van der Waals surface area contributed by atoms with Gasteiger partial charge in [0.05, 0.1) is 17.0 Å². The topological polar surface area (TPSA) is 90.5 Å². The molecule has 11 heteroatoms. The SMILES string of the molecule is CCCS(=O)(=O)N1CCN(CCCCCCN2C(=S)N(c3ccc4c(c3)COC4=O)C(=O)C2(C)C)CC1. The Morgan fingerprint density at radius 1 is 1.00 bits per heavy atom. The molecule has 37 heavy (non-hydrogen) atoms. The number of anilines is 1. The summed E-state index contributed by atoms with van der Waals surface area (Å²) in [5.41, 5.74) is 1.25. The molecule has 3 aliphatic heterocycles. The number of thiocarbonyl (C=S) groups is 1. The average molecular weight is 551 g/mol. The van der Waals surface area contributed by atoms with Crippen LogP contribution in [-0.4, -0.2) is 90.1 Å². The summed E-state index contributed by atoms with van der Waals surface area (Å²) in [5.74, 6) is -0.166. The van der Waals surface area contributed by atoms with Crippen molar-refractivity contribution in [1.82, 2.24) is 14.1 Å². The number of nitrogens with zero attached hydrogens (tertiary/aromatic N) is 4. The van der Waals surface area contributed by atoms with Gasteiger partial charge in [-0.25, -0.2) is 13.2 Å². The number of fused-ring (bicyclic) bond motifs is 1. The number of sulfonamides is 1. The molecule has 1 aromatic rings. The summed E-state index contributed by atoms with van der Waals surface area (Å²) in [4.78, 5) is 31.0. The average Bonchev–Trinajstić information content (AvgIpc) is 3.30. The molecule has 0 N–H and O–H groups in total. The van der Waals surface area contributed by atoms with Crippen LogP contribution in [0.15, 0.2) is 18.2 Å². The van der Waals surface area contributed by atoms with Gasteiger partial charge in [0.1, 0.15) is 12.1 Å². The summed E-state index contributed by atoms with van der Waals surface area (Å²) in [6.07, 6.45) is 4.76. The minimum Gasteiger partial charge on any atom is -0.457 e. The molecule has 0 bridgehead atoms. The van der Waals surface area contributed by atoms with Crippen molar-refractivity contribution in [3.63, 3.8) is 0 Å². The first-order valence-electron chi connectivity index (χ1n) is 13.2. The van der Waals surface area contributed by atoms with Crippen LogP contribution in [0.4, 0.5) is 5.69 Å². The summed E-state index contributed by atoms with van der Waals surface area (Å²) in [5, 5.41) is 0.496. The molecule has 0 aromatic heterocycles. The Hall–Kier alpha value is -2.08. The van der Waals surface area contributed by atoms with Crippen LogP contribution in [0, 0.1) is 0 Å². The maximum Gasteiger partial charge on any atom is 0.338 e. The Morgan fingerprint density at radius 2 is 1.68 bits per heavy atom. The van der Waals surface area contributed by atoms with Gasteiger partial charge in [-0.1, -0.05) is 19.8 Å². The second-order valence-electron chi connectivity index (χ2n) is 10.5. The predicted molar refractivity (Wildman–Crippen MR) is 147 cm³/mol. The van der Waals surface area contributed by atoms with Crippen LogP contribution in [0.25, 0.3) is 0 Å². The molecule has 204 valence electrons. The van der Waals surface area contributed by atoms with Gasteiger partial charge >= 0.3 is 5.97 Å². The van der Waals surface area contributed by atoms with E-state index in [1.165, 1.54) is 0 Å². The maximum absolute atomic E-state index is 13.3. The molecule has 0 radical (unpaired) electrons. The fourth-order valence-electron chi connectivity index (χ4n) is 5.27. The molecule has 0 unspecified atom stereocenters. The number of rotatable bonds is 11. The lowest BCUT2D eigenvalue weighted by Crippen LogP contribution is -2.49. The fraction of sp³-hybridized carbons (Fsp3) is 0.654. The van der Waals surface area contributed by atoms with Crippen molar-refractivity contribution in [2.45, 2.75) is 65.0 Å². The van der Waals surface area contributed by atoms with Gasteiger partial charge in [0.15, 0.2) is 5.11 Å². The molecule has 0 aliphatic carbocycles. The number of piperazine rings is 1. The zero-order chi connectivity index (χ0) is 26.8. The van der Waals surface area contributed by atoms with Crippen molar-refractivity contribution in [3.05, 3.63) is 29.3 Å². The highest BCUT2D eigenvalue weighted by Gasteiger charge is 2.49. The van der Waals surface area contributed by atoms with Gasteiger partial charge in [-0.05, 0) is 70.1 Å². The van der Waals surface area contributed by atoms with E-state index >= 15 is 0 Å². The van der Waals surface area contributed by atoms with Crippen molar-refractivity contribution in [1.29, 1.82) is 0 Å². The van der Waals surface area contributed by atoms with E-state index in [1.54, 1.807) is 21.3 Å². The van der Waals surface area contributed by atoms with Crippen molar-refractivity contribution in [2.75, 3.05) is 49.9 Å². The molecule has 3 heterocycles. The van der Waals surface area contributed by atoms with E-state index < -0.39 is 15.6 Å². The summed E-state index contributed by atoms with van der Waals surface area (Å²) in [7, 11) is -3.10. The summed E-state index contributed by atoms with van der Waals surface area (Å²) in [6.45, 7) is 10.4. The Morgan fingerprint density at radius 3 is 2.35 bits per heavy atom. The second-order valence-corrected chi connectivity index (χ2v) is 13.0. The zero-order valence-electron chi connectivity index (χ0n) is 22.1. The number of hydrogen-bond acceptors (Lipinski definition) is 7. The van der Waals surface area contributed by atoms with Crippen molar-refractivity contribution in [2.24, 2.45) is 0 Å². The Labute approximate surface area is 225 Å². The molecule has 1 aromatic carbocycles. The van der Waals surface area contributed by atoms with Gasteiger partial charge in [-0.2, -0.15) is 4.31 Å². The fourth-order valence-corrected chi connectivity index (χ4v) is 7.28. The Kier molecular flexibility index (Phi) is 8.57. The Balaban J connectivity index is 1.22. The van der Waals surface area contributed by atoms with Gasteiger partial charge < -0.3 is 14.5 Å². The second kappa shape index (κ2) is 11.3. The lowest BCUT2D eigenvalue weighted by molar-refractivity contribution is -0.123. The molecule has 0 saturated carbocycles. The third-order valence-electron chi connectivity index (χ3n) is 7.54. The van der Waals surface area contributed by atoms with E-state index in [0.717, 1.165) is 50.9 Å². The Bertz CT molecular complexity index is 1150. The number of carbonyl (C=O) groups excluding carboxylic acids is 2. The highest BCUT2D eigenvalue weighted by Crippen LogP contribution is 2.34. The van der Waals surface area contributed by atoms with Gasteiger partial charge in [0.2, 0.25) is 10.0 Å². The van der Waals surface area contributed by atoms with Gasteiger partial charge in [0, 0.05) is 38.3 Å². The molecule has 2 fully saturated rings. The summed E-state index contributed by atoms with van der Waals surface area (Å²) in [6, 6.07) is 5.28. The first kappa shape index (κ1) is 27.9. The van der Waals surface area contributed by atoms with Crippen LogP contribution >= 0.6 is 12.2 Å². The molecule has 0 spiro atoms. The lowest BCUT2D eigenvalue weighted by Gasteiger charge is -2.34. The number of amides is 1. The van der Waals surface area contributed by atoms with Gasteiger partial charge in [0.25, 0.3) is 5.91 Å². The number of carbonyl (C=O) groups is 2. The van der Waals surface area contributed by atoms with Crippen LogP contribution in [0.5, 0.6) is 0 Å². The maximum atomic E-state index is 13.3. The van der Waals surface area contributed by atoms with Crippen molar-refractivity contribution in [3.8, 4) is 0 Å². The lowest BCUT2D eigenvalue weighted by atomic mass is 10.0. The highest BCUT2D eigenvalue weighted by atomic mass is 32.2. The number of hydrogen-bond donors (Lipinski definition) is 0. The molecule has 3 aliphatic rings.